The van der Waals surface area contributed by atoms with E-state index >= 15 is 0 Å². The van der Waals surface area contributed by atoms with Crippen molar-refractivity contribution < 1.29 is 44.0 Å². The minimum absolute atomic E-state index is 0.0607. The predicted octanol–water partition coefficient (Wildman–Crippen LogP) is 3.79. The highest BCUT2D eigenvalue weighted by Crippen LogP contribution is 2.39. The van der Waals surface area contributed by atoms with Gasteiger partial charge in [-0.2, -0.15) is 0 Å². The van der Waals surface area contributed by atoms with Gasteiger partial charge in [-0.1, -0.05) is 33.6 Å². The van der Waals surface area contributed by atoms with Crippen LogP contribution < -0.4 is 21.1 Å². The Labute approximate surface area is 303 Å². The van der Waals surface area contributed by atoms with Crippen molar-refractivity contribution >= 4 is 47.2 Å². The molecule has 1 aliphatic carbocycles. The lowest BCUT2D eigenvalue weighted by atomic mass is 10.0. The molecule has 1 aromatic heterocycles. The van der Waals surface area contributed by atoms with Crippen molar-refractivity contribution in [1.29, 1.82) is 0 Å². The molecule has 3 aromatic rings. The normalized spacial score (nSPS) is 12.5. The van der Waals surface area contributed by atoms with E-state index < -0.39 is 23.9 Å². The second-order valence-corrected chi connectivity index (χ2v) is 10.7. The van der Waals surface area contributed by atoms with Crippen LogP contribution in [0.25, 0.3) is 10.9 Å². The molecule has 1 unspecified atom stereocenters. The highest BCUT2D eigenvalue weighted by Gasteiger charge is 2.29. The van der Waals surface area contributed by atoms with Gasteiger partial charge in [-0.3, -0.25) is 24.0 Å². The maximum Gasteiger partial charge on any atom is 0.326 e. The van der Waals surface area contributed by atoms with Crippen LogP contribution in [-0.2, 0) is 36.9 Å². The average Bonchev–Trinajstić information content (AvgIpc) is 3.55. The van der Waals surface area contributed by atoms with Crippen LogP contribution in [0.5, 0.6) is 0 Å². The van der Waals surface area contributed by atoms with Crippen LogP contribution in [0.15, 0.2) is 41.2 Å². The average molecular weight is 726 g/mol. The Morgan fingerprint density at radius 2 is 1.77 bits per heavy atom. The molecule has 2 atom stereocenters. The number of aromatic nitrogens is 2. The SMILES string of the molecule is C#CCN(c1ccc(C=O)cc1)C1CCc2cc3nc(COC)[nH]c(=O)c3cc21.CC.CCC(=O)N[C@H](CCC(=O)O)C(=O)O.CCNC.O=CO. The lowest BCUT2D eigenvalue weighted by Crippen LogP contribution is -2.40. The number of terminal acetylenes is 1. The van der Waals surface area contributed by atoms with Crippen LogP contribution in [0.2, 0.25) is 0 Å². The summed E-state index contributed by atoms with van der Waals surface area (Å²) < 4.78 is 5.09. The predicted molar refractivity (Wildman–Crippen MR) is 199 cm³/mol. The number of hydrogen-bond donors (Lipinski definition) is 6. The Bertz CT molecular complexity index is 1670. The number of hydrogen-bond acceptors (Lipinski definition) is 10. The van der Waals surface area contributed by atoms with Crippen LogP contribution in [0, 0.1) is 12.3 Å². The second-order valence-electron chi connectivity index (χ2n) is 10.7. The molecule has 1 aliphatic rings. The first kappa shape index (κ1) is 46.4. The fraction of sp³-hybridized carbons (Fsp3) is 0.432. The van der Waals surface area contributed by atoms with E-state index in [4.69, 9.17) is 31.3 Å². The number of nitrogens with zero attached hydrogens (tertiary/aromatic N) is 2. The summed E-state index contributed by atoms with van der Waals surface area (Å²) in [7, 11) is 3.50. The van der Waals surface area contributed by atoms with Gasteiger partial charge in [-0.05, 0) is 80.4 Å². The van der Waals surface area contributed by atoms with E-state index in [1.807, 2.05) is 45.2 Å². The molecule has 0 bridgehead atoms. The fourth-order valence-electron chi connectivity index (χ4n) is 4.84. The molecule has 2 aromatic carbocycles. The molecule has 0 aliphatic heterocycles. The van der Waals surface area contributed by atoms with E-state index in [2.05, 4.69) is 38.3 Å². The van der Waals surface area contributed by atoms with E-state index in [9.17, 15) is 24.0 Å². The summed E-state index contributed by atoms with van der Waals surface area (Å²) in [5, 5.41) is 29.6. The third kappa shape index (κ3) is 15.5. The smallest absolute Gasteiger partial charge is 0.326 e. The number of aromatic amines is 1. The first-order chi connectivity index (χ1) is 24.9. The number of nitrogens with one attached hydrogen (secondary N) is 3. The number of anilines is 1. The lowest BCUT2D eigenvalue weighted by molar-refractivity contribution is -0.143. The number of benzene rings is 2. The number of aryl methyl sites for hydroxylation is 1. The molecule has 0 spiro atoms. The number of H-pyrrole nitrogens is 1. The third-order valence-electron chi connectivity index (χ3n) is 7.30. The third-order valence-corrected chi connectivity index (χ3v) is 7.30. The Hall–Kier alpha value is -5.59. The number of carboxylic acid groups (broad SMARTS) is 3. The van der Waals surface area contributed by atoms with E-state index in [1.54, 1.807) is 26.2 Å². The van der Waals surface area contributed by atoms with Crippen LogP contribution in [0.4, 0.5) is 5.69 Å². The van der Waals surface area contributed by atoms with Crippen molar-refractivity contribution in [3.63, 3.8) is 0 Å². The van der Waals surface area contributed by atoms with Gasteiger partial charge in [0.1, 0.15) is 24.8 Å². The summed E-state index contributed by atoms with van der Waals surface area (Å²) in [6.07, 6.45) is 8.05. The van der Waals surface area contributed by atoms with Gasteiger partial charge in [0.25, 0.3) is 12.0 Å². The molecule has 1 amide bonds. The van der Waals surface area contributed by atoms with Crippen molar-refractivity contribution in [3.05, 3.63) is 69.3 Å². The number of carbonyl (C=O) groups is 5. The lowest BCUT2D eigenvalue weighted by Gasteiger charge is -2.30. The standard InChI is InChI=1S/C23H21N3O3.C8H13NO5.C3H9N.C2H6.CH2O2/c1-3-10-26(17-7-4-15(13-27)5-8-17)21-9-6-16-11-20-19(12-18(16)21)23(28)25-22(24-20)14-29-2;1-2-6(10)9-5(8(13)14)3-4-7(11)12;1-3-4-2;1-2;2-1-3/h1,4-5,7-8,11-13,21H,6,9-10,14H2,2H3,(H,24,25,28);5H,2-4H2,1H3,(H,9,10)(H,11,12)(H,13,14);4H,3H2,1-2H3;1-2H3;1H,(H,2,3)/t;5-;;;/m.1.../s1. The van der Waals surface area contributed by atoms with Crippen LogP contribution in [0.1, 0.15) is 86.7 Å². The summed E-state index contributed by atoms with van der Waals surface area (Å²) in [6.45, 7) is 9.17. The molecule has 52 heavy (non-hydrogen) atoms. The molecule has 0 fully saturated rings. The zero-order chi connectivity index (χ0) is 39.6. The maximum atomic E-state index is 12.6. The Morgan fingerprint density at radius 3 is 2.25 bits per heavy atom. The van der Waals surface area contributed by atoms with Crippen LogP contribution >= 0.6 is 0 Å². The zero-order valence-electron chi connectivity index (χ0n) is 30.6. The second kappa shape index (κ2) is 26.3. The minimum Gasteiger partial charge on any atom is -0.483 e. The van der Waals surface area contributed by atoms with Gasteiger partial charge in [-0.15, -0.1) is 6.42 Å². The molecule has 15 heteroatoms. The van der Waals surface area contributed by atoms with Crippen molar-refractivity contribution in [2.24, 2.45) is 0 Å². The summed E-state index contributed by atoms with van der Waals surface area (Å²) in [5.74, 6) is 0.556. The number of carbonyl (C=O) groups excluding carboxylic acids is 2. The monoisotopic (exact) mass is 725 g/mol. The van der Waals surface area contributed by atoms with Gasteiger partial charge in [0.05, 0.1) is 23.5 Å². The molecule has 0 radical (unpaired) electrons. The fourth-order valence-corrected chi connectivity index (χ4v) is 4.84. The Kier molecular flexibility index (Phi) is 23.4. The van der Waals surface area contributed by atoms with Gasteiger partial charge in [0.2, 0.25) is 5.91 Å². The van der Waals surface area contributed by atoms with Crippen LogP contribution in [0.3, 0.4) is 0 Å². The summed E-state index contributed by atoms with van der Waals surface area (Å²) in [4.78, 5) is 73.0. The number of fused-ring (bicyclic) bond motifs is 2. The van der Waals surface area contributed by atoms with E-state index in [0.717, 1.165) is 36.9 Å². The number of aliphatic carboxylic acids is 2. The van der Waals surface area contributed by atoms with Gasteiger partial charge >= 0.3 is 11.9 Å². The summed E-state index contributed by atoms with van der Waals surface area (Å²) >= 11 is 0. The molecular formula is C37H51N5O10. The first-order valence-electron chi connectivity index (χ1n) is 16.7. The van der Waals surface area contributed by atoms with Gasteiger partial charge < -0.3 is 40.6 Å². The zero-order valence-corrected chi connectivity index (χ0v) is 30.6. The Morgan fingerprint density at radius 1 is 1.15 bits per heavy atom. The molecule has 284 valence electrons. The van der Waals surface area contributed by atoms with Gasteiger partial charge in [0.15, 0.2) is 0 Å². The molecular weight excluding hydrogens is 674 g/mol. The number of amides is 1. The summed E-state index contributed by atoms with van der Waals surface area (Å²) in [6, 6.07) is 10.3. The largest absolute Gasteiger partial charge is 0.483 e. The summed E-state index contributed by atoms with van der Waals surface area (Å²) in [5.41, 5.74) is 4.36. The molecule has 4 rings (SSSR count). The molecule has 1 heterocycles. The van der Waals surface area contributed by atoms with Gasteiger partial charge in [-0.25, -0.2) is 9.78 Å². The molecule has 0 saturated carbocycles. The number of rotatable bonds is 13. The van der Waals surface area contributed by atoms with Crippen molar-refractivity contribution in [2.75, 3.05) is 32.1 Å². The van der Waals surface area contributed by atoms with Crippen molar-refractivity contribution in [1.82, 2.24) is 20.6 Å². The highest BCUT2D eigenvalue weighted by atomic mass is 16.5. The van der Waals surface area contributed by atoms with Crippen molar-refractivity contribution in [2.45, 2.75) is 78.5 Å². The molecule has 0 saturated heterocycles. The maximum absolute atomic E-state index is 12.6. The first-order valence-corrected chi connectivity index (χ1v) is 16.7. The van der Waals surface area contributed by atoms with E-state index in [0.29, 0.717) is 28.8 Å². The van der Waals surface area contributed by atoms with Crippen LogP contribution in [-0.4, -0.2) is 89.2 Å². The molecule has 15 nitrogen and oxygen atoms in total. The minimum atomic E-state index is -1.21. The highest BCUT2D eigenvalue weighted by molar-refractivity contribution is 5.84. The molecule has 6 N–H and O–H groups in total. The topological polar surface area (TPSA) is 228 Å². The quantitative estimate of drug-likeness (QED) is 0.109. The van der Waals surface area contributed by atoms with Gasteiger partial charge in [0, 0.05) is 31.2 Å². The van der Waals surface area contributed by atoms with E-state index in [1.165, 1.54) is 5.56 Å². The number of aldehydes is 1. The van der Waals surface area contributed by atoms with E-state index in [-0.39, 0.29) is 43.9 Å². The van der Waals surface area contributed by atoms with Crippen molar-refractivity contribution in [3.8, 4) is 12.3 Å². The number of ether oxygens (including phenoxy) is 1. The number of carboxylic acids is 2. The Balaban J connectivity index is 0.000000947. The number of methoxy groups -OCH3 is 1.